The zero-order chi connectivity index (χ0) is 31.5. The van der Waals surface area contributed by atoms with Crippen molar-refractivity contribution in [1.82, 2.24) is 29.5 Å². The summed E-state index contributed by atoms with van der Waals surface area (Å²) in [5.74, 6) is 0.982. The van der Waals surface area contributed by atoms with Gasteiger partial charge in [-0.3, -0.25) is 9.48 Å². The summed E-state index contributed by atoms with van der Waals surface area (Å²) in [6.07, 6.45) is 9.29. The van der Waals surface area contributed by atoms with Gasteiger partial charge in [-0.05, 0) is 70.1 Å². The van der Waals surface area contributed by atoms with Crippen LogP contribution in [0.2, 0.25) is 0 Å². The molecule has 45 heavy (non-hydrogen) atoms. The highest BCUT2D eigenvalue weighted by Gasteiger charge is 2.30. The third kappa shape index (κ3) is 6.64. The van der Waals surface area contributed by atoms with Crippen molar-refractivity contribution in [3.8, 4) is 17.0 Å². The number of benzene rings is 2. The Kier molecular flexibility index (Phi) is 8.99. The minimum absolute atomic E-state index is 0.270. The van der Waals surface area contributed by atoms with E-state index >= 15 is 0 Å². The first-order valence-electron chi connectivity index (χ1n) is 15.6. The van der Waals surface area contributed by atoms with Gasteiger partial charge in [-0.25, -0.2) is 9.97 Å². The molecule has 2 aromatic carbocycles. The van der Waals surface area contributed by atoms with E-state index in [-0.39, 0.29) is 5.91 Å². The number of aryl methyl sites for hydroxylation is 1. The third-order valence-corrected chi connectivity index (χ3v) is 9.36. The van der Waals surface area contributed by atoms with E-state index in [9.17, 15) is 4.79 Å². The second kappa shape index (κ2) is 13.3. The van der Waals surface area contributed by atoms with E-state index in [0.717, 1.165) is 53.8 Å². The van der Waals surface area contributed by atoms with Crippen molar-refractivity contribution in [2.45, 2.75) is 37.8 Å². The van der Waals surface area contributed by atoms with Gasteiger partial charge in [-0.15, -0.1) is 0 Å². The lowest BCUT2D eigenvalue weighted by atomic mass is 9.97. The first kappa shape index (κ1) is 30.5. The molecule has 2 saturated heterocycles. The number of fused-ring (bicyclic) bond motifs is 1. The number of anilines is 4. The van der Waals surface area contributed by atoms with Gasteiger partial charge in [0.25, 0.3) is 0 Å². The molecule has 0 spiro atoms. The molecule has 11 heteroatoms. The van der Waals surface area contributed by atoms with Crippen LogP contribution in [0.1, 0.15) is 25.7 Å². The molecule has 1 amide bonds. The van der Waals surface area contributed by atoms with Gasteiger partial charge < -0.3 is 30.1 Å². The molecule has 0 atom stereocenters. The molecule has 2 N–H and O–H groups in total. The van der Waals surface area contributed by atoms with Crippen LogP contribution in [0.15, 0.2) is 61.6 Å². The molecule has 2 aliphatic heterocycles. The second-order valence-corrected chi connectivity index (χ2v) is 12.1. The Balaban J connectivity index is 1.23. The molecule has 0 unspecified atom stereocenters. The lowest BCUT2D eigenvalue weighted by Gasteiger charge is -2.43. The van der Waals surface area contributed by atoms with Crippen LogP contribution in [0.4, 0.5) is 22.9 Å². The number of carbonyl (C=O) groups is 1. The van der Waals surface area contributed by atoms with Gasteiger partial charge in [-0.1, -0.05) is 12.6 Å². The number of aromatic nitrogens is 4. The number of rotatable bonds is 9. The van der Waals surface area contributed by atoms with Crippen molar-refractivity contribution >= 4 is 39.7 Å². The molecule has 0 aliphatic carbocycles. The van der Waals surface area contributed by atoms with Gasteiger partial charge in [0.2, 0.25) is 5.91 Å². The Hall–Kier alpha value is -4.48. The van der Waals surface area contributed by atoms with Crippen LogP contribution >= 0.6 is 0 Å². The molecule has 236 valence electrons. The highest BCUT2D eigenvalue weighted by molar-refractivity contribution is 6.02. The summed E-state index contributed by atoms with van der Waals surface area (Å²) < 4.78 is 7.71. The summed E-state index contributed by atoms with van der Waals surface area (Å²) >= 11 is 0. The monoisotopic (exact) mass is 609 g/mol. The van der Waals surface area contributed by atoms with Crippen LogP contribution in [-0.4, -0.2) is 94.9 Å². The molecular weight excluding hydrogens is 566 g/mol. The molecule has 6 rings (SSSR count). The average Bonchev–Trinajstić information content (AvgIpc) is 3.44. The van der Waals surface area contributed by atoms with Crippen LogP contribution in [0.5, 0.6) is 5.75 Å². The number of carbonyl (C=O) groups excluding carboxylic acids is 1. The predicted molar refractivity (Wildman–Crippen MR) is 180 cm³/mol. The van der Waals surface area contributed by atoms with E-state index in [1.807, 2.05) is 48.3 Å². The lowest BCUT2D eigenvalue weighted by molar-refractivity contribution is -0.111. The van der Waals surface area contributed by atoms with Crippen molar-refractivity contribution in [3.63, 3.8) is 0 Å². The van der Waals surface area contributed by atoms with Gasteiger partial charge in [0, 0.05) is 62.4 Å². The van der Waals surface area contributed by atoms with Gasteiger partial charge in [-0.2, -0.15) is 5.10 Å². The van der Waals surface area contributed by atoms with Gasteiger partial charge in [0.05, 0.1) is 41.6 Å². The third-order valence-electron chi connectivity index (χ3n) is 9.36. The van der Waals surface area contributed by atoms with E-state index < -0.39 is 0 Å². The fourth-order valence-electron chi connectivity index (χ4n) is 6.65. The van der Waals surface area contributed by atoms with Gasteiger partial charge in [0.15, 0.2) is 0 Å². The van der Waals surface area contributed by atoms with Crippen molar-refractivity contribution in [2.75, 3.05) is 62.9 Å². The number of ether oxygens (including phenoxy) is 1. The van der Waals surface area contributed by atoms with Crippen LogP contribution < -0.4 is 20.3 Å². The predicted octanol–water partition coefficient (Wildman–Crippen LogP) is 4.90. The summed E-state index contributed by atoms with van der Waals surface area (Å²) in [5, 5.41) is 11.8. The van der Waals surface area contributed by atoms with E-state index in [0.29, 0.717) is 35.0 Å². The maximum Gasteiger partial charge on any atom is 0.247 e. The Morgan fingerprint density at radius 1 is 1.02 bits per heavy atom. The first-order valence-corrected chi connectivity index (χ1v) is 15.6. The van der Waals surface area contributed by atoms with E-state index in [1.165, 1.54) is 38.3 Å². The minimum Gasteiger partial charge on any atom is -0.494 e. The average molecular weight is 610 g/mol. The van der Waals surface area contributed by atoms with Gasteiger partial charge in [0.1, 0.15) is 17.9 Å². The van der Waals surface area contributed by atoms with Gasteiger partial charge >= 0.3 is 0 Å². The number of piperidine rings is 2. The normalized spacial score (nSPS) is 16.9. The number of hydrogen-bond donors (Lipinski definition) is 2. The fourth-order valence-corrected chi connectivity index (χ4v) is 6.65. The summed E-state index contributed by atoms with van der Waals surface area (Å²) in [5.41, 5.74) is 5.06. The van der Waals surface area contributed by atoms with E-state index in [4.69, 9.17) is 4.74 Å². The van der Waals surface area contributed by atoms with Crippen LogP contribution in [0, 0.1) is 0 Å². The lowest BCUT2D eigenvalue weighted by Crippen LogP contribution is -2.50. The highest BCUT2D eigenvalue weighted by Crippen LogP contribution is 2.40. The molecule has 4 aromatic rings. The molecule has 2 aliphatic rings. The number of nitrogens with zero attached hydrogens (tertiary/aromatic N) is 7. The molecule has 0 radical (unpaired) electrons. The van der Waals surface area contributed by atoms with Crippen molar-refractivity contribution in [2.24, 2.45) is 7.05 Å². The Morgan fingerprint density at radius 3 is 2.53 bits per heavy atom. The molecule has 0 saturated carbocycles. The highest BCUT2D eigenvalue weighted by atomic mass is 16.5. The maximum absolute atomic E-state index is 12.6. The maximum atomic E-state index is 12.6. The largest absolute Gasteiger partial charge is 0.494 e. The zero-order valence-corrected chi connectivity index (χ0v) is 26.7. The smallest absolute Gasteiger partial charge is 0.247 e. The summed E-state index contributed by atoms with van der Waals surface area (Å²) in [6.45, 7) is 8.18. The topological polar surface area (TPSA) is 104 Å². The molecule has 2 aromatic heterocycles. The molecule has 2 fully saturated rings. The second-order valence-electron chi connectivity index (χ2n) is 12.1. The Morgan fingerprint density at radius 2 is 1.80 bits per heavy atom. The molecule has 4 heterocycles. The minimum atomic E-state index is -0.270. The van der Waals surface area contributed by atoms with E-state index in [1.54, 1.807) is 7.11 Å². The van der Waals surface area contributed by atoms with Crippen LogP contribution in [-0.2, 0) is 11.8 Å². The SMILES string of the molecule is C=CC(=O)Nc1cc(Nc2cc(-c3ccc4c(cnn4C)c3)ncn2)c(OC)cc1N(C)C1CCN(C2CCN(C)CC2)CC1. The zero-order valence-electron chi connectivity index (χ0n) is 26.7. The number of methoxy groups -OCH3 is 1. The molecule has 0 bridgehead atoms. The quantitative estimate of drug-likeness (QED) is 0.257. The first-order chi connectivity index (χ1) is 21.8. The van der Waals surface area contributed by atoms with Crippen LogP contribution in [0.25, 0.3) is 22.2 Å². The standard InChI is InChI=1S/C34H43N9O2/c1-6-34(44)39-28-18-29(38-33-19-27(35-22-36-33)23-7-8-30-24(17-23)21-37-42(30)4)32(45-5)20-31(28)41(3)25-11-15-43(16-12-25)26-9-13-40(2)14-10-26/h6-8,17-22,25-26H,1,9-16H2,2-5H3,(H,39,44)(H,35,36,38). The molecule has 11 nitrogen and oxygen atoms in total. The van der Waals surface area contributed by atoms with E-state index in [2.05, 4.69) is 67.1 Å². The summed E-state index contributed by atoms with van der Waals surface area (Å²) in [6, 6.07) is 13.0. The fraction of sp³-hybridized carbons (Fsp3) is 0.412. The number of hydrogen-bond acceptors (Lipinski definition) is 9. The Bertz CT molecular complexity index is 1670. The van der Waals surface area contributed by atoms with Crippen molar-refractivity contribution in [1.29, 1.82) is 0 Å². The number of likely N-dealkylation sites (tertiary alicyclic amines) is 2. The summed E-state index contributed by atoms with van der Waals surface area (Å²) in [7, 11) is 7.90. The summed E-state index contributed by atoms with van der Waals surface area (Å²) in [4.78, 5) is 28.9. The Labute approximate surface area is 264 Å². The van der Waals surface area contributed by atoms with Crippen LogP contribution in [0.3, 0.4) is 0 Å². The number of nitrogens with one attached hydrogen (secondary N) is 2. The number of amides is 1. The molecular formula is C34H43N9O2. The van der Waals surface area contributed by atoms with Crippen molar-refractivity contribution < 1.29 is 9.53 Å². The van der Waals surface area contributed by atoms with Crippen molar-refractivity contribution in [3.05, 3.63) is 61.6 Å².